The van der Waals surface area contributed by atoms with Crippen molar-refractivity contribution >= 4 is 27.5 Å². The summed E-state index contributed by atoms with van der Waals surface area (Å²) < 4.78 is 27.1. The lowest BCUT2D eigenvalue weighted by Gasteiger charge is -2.34. The van der Waals surface area contributed by atoms with Crippen molar-refractivity contribution in [3.8, 4) is 0 Å². The Balaban J connectivity index is 2.05. The van der Waals surface area contributed by atoms with Crippen molar-refractivity contribution in [2.75, 3.05) is 23.7 Å². The molecule has 0 saturated carbocycles. The molecular formula is C31H39N3O4S. The van der Waals surface area contributed by atoms with Crippen molar-refractivity contribution in [1.82, 2.24) is 10.2 Å². The monoisotopic (exact) mass is 549 g/mol. The van der Waals surface area contributed by atoms with E-state index < -0.39 is 28.5 Å². The van der Waals surface area contributed by atoms with Gasteiger partial charge < -0.3 is 10.2 Å². The van der Waals surface area contributed by atoms with Gasteiger partial charge in [-0.3, -0.25) is 13.9 Å². The topological polar surface area (TPSA) is 86.8 Å². The molecule has 2 amide bonds. The normalized spacial score (nSPS) is 12.2. The van der Waals surface area contributed by atoms with E-state index in [0.29, 0.717) is 18.7 Å². The molecule has 1 N–H and O–H groups in total. The fraction of sp³-hybridized carbons (Fsp3) is 0.355. The molecule has 0 aliphatic carbocycles. The van der Waals surface area contributed by atoms with Crippen molar-refractivity contribution in [1.29, 1.82) is 0 Å². The number of aryl methyl sites for hydroxylation is 1. The first kappa shape index (κ1) is 29.9. The molecule has 0 radical (unpaired) electrons. The minimum absolute atomic E-state index is 0.163. The maximum Gasteiger partial charge on any atom is 0.244 e. The quantitative estimate of drug-likeness (QED) is 0.361. The summed E-state index contributed by atoms with van der Waals surface area (Å²) in [6.45, 7) is 7.97. The lowest BCUT2D eigenvalue weighted by molar-refractivity contribution is -0.140. The molecule has 8 heteroatoms. The highest BCUT2D eigenvalue weighted by molar-refractivity contribution is 7.92. The van der Waals surface area contributed by atoms with Crippen LogP contribution in [-0.2, 0) is 32.6 Å². The third-order valence-corrected chi connectivity index (χ3v) is 7.80. The predicted octanol–water partition coefficient (Wildman–Crippen LogP) is 4.48. The molecule has 0 aromatic heterocycles. The highest BCUT2D eigenvalue weighted by Crippen LogP contribution is 2.26. The molecule has 0 fully saturated rings. The molecular weight excluding hydrogens is 510 g/mol. The van der Waals surface area contributed by atoms with Crippen LogP contribution < -0.4 is 9.62 Å². The Bertz CT molecular complexity index is 1360. The lowest BCUT2D eigenvalue weighted by Crippen LogP contribution is -2.53. The van der Waals surface area contributed by atoms with Gasteiger partial charge in [0.1, 0.15) is 12.6 Å². The van der Waals surface area contributed by atoms with Crippen LogP contribution in [0.5, 0.6) is 0 Å². The summed E-state index contributed by atoms with van der Waals surface area (Å²) in [5.74, 6) is -0.491. The number of carbonyl (C=O) groups excluding carboxylic acids is 2. The van der Waals surface area contributed by atoms with E-state index in [-0.39, 0.29) is 18.4 Å². The van der Waals surface area contributed by atoms with Gasteiger partial charge in [0.25, 0.3) is 0 Å². The van der Waals surface area contributed by atoms with Crippen LogP contribution in [0, 0.1) is 19.8 Å². The van der Waals surface area contributed by atoms with E-state index in [1.54, 1.807) is 12.1 Å². The van der Waals surface area contributed by atoms with Gasteiger partial charge in [-0.15, -0.1) is 0 Å². The summed E-state index contributed by atoms with van der Waals surface area (Å²) in [6.07, 6.45) is 1.39. The third-order valence-electron chi connectivity index (χ3n) is 6.68. The van der Waals surface area contributed by atoms with Crippen molar-refractivity contribution in [2.24, 2.45) is 5.92 Å². The number of amides is 2. The molecule has 0 spiro atoms. The van der Waals surface area contributed by atoms with E-state index in [4.69, 9.17) is 0 Å². The molecule has 0 aliphatic heterocycles. The smallest absolute Gasteiger partial charge is 0.244 e. The van der Waals surface area contributed by atoms with Crippen LogP contribution in [0.2, 0.25) is 0 Å². The second kappa shape index (κ2) is 13.4. The Morgan fingerprint density at radius 1 is 0.846 bits per heavy atom. The molecule has 7 nitrogen and oxygen atoms in total. The first-order valence-electron chi connectivity index (χ1n) is 13.2. The highest BCUT2D eigenvalue weighted by Gasteiger charge is 2.33. The fourth-order valence-corrected chi connectivity index (χ4v) is 5.26. The largest absolute Gasteiger partial charge is 0.354 e. The number of rotatable bonds is 12. The molecule has 3 rings (SSSR count). The Kier molecular flexibility index (Phi) is 10.3. The Morgan fingerprint density at radius 2 is 1.44 bits per heavy atom. The summed E-state index contributed by atoms with van der Waals surface area (Å²) >= 11 is 0. The Hall–Kier alpha value is -3.65. The number of hydrogen-bond acceptors (Lipinski definition) is 4. The van der Waals surface area contributed by atoms with Crippen LogP contribution in [0.15, 0.2) is 78.9 Å². The summed E-state index contributed by atoms with van der Waals surface area (Å²) in [5, 5.41) is 2.99. The van der Waals surface area contributed by atoms with E-state index in [2.05, 4.69) is 5.32 Å². The molecule has 3 aromatic rings. The number of carbonyl (C=O) groups is 2. The Labute approximate surface area is 232 Å². The van der Waals surface area contributed by atoms with Crippen LogP contribution in [0.1, 0.15) is 36.1 Å². The van der Waals surface area contributed by atoms with E-state index in [1.165, 1.54) is 4.90 Å². The molecule has 0 bridgehead atoms. The van der Waals surface area contributed by atoms with Crippen molar-refractivity contribution in [3.05, 3.63) is 101 Å². The third kappa shape index (κ3) is 8.42. The predicted molar refractivity (Wildman–Crippen MR) is 157 cm³/mol. The van der Waals surface area contributed by atoms with Crippen LogP contribution in [-0.4, -0.2) is 50.5 Å². The summed E-state index contributed by atoms with van der Waals surface area (Å²) in [7, 11) is -3.80. The molecule has 0 aliphatic rings. The molecule has 39 heavy (non-hydrogen) atoms. The first-order chi connectivity index (χ1) is 18.5. The standard InChI is InChI=1S/C31H39N3O4S/c1-23(2)20-32-31(36)29(19-26-14-8-6-9-15-26)33(21-27-16-10-7-11-17-27)30(35)22-34(39(5,37)38)28-18-12-13-24(3)25(28)4/h6-18,23,29H,19-22H2,1-5H3,(H,32,36)/t29-/m0/s1. The number of benzene rings is 3. The molecule has 3 aromatic carbocycles. The van der Waals surface area contributed by atoms with E-state index >= 15 is 0 Å². The number of sulfonamides is 1. The van der Waals surface area contributed by atoms with Crippen LogP contribution in [0.3, 0.4) is 0 Å². The molecule has 0 unspecified atom stereocenters. The van der Waals surface area contributed by atoms with E-state index in [9.17, 15) is 18.0 Å². The van der Waals surface area contributed by atoms with Crippen molar-refractivity contribution in [2.45, 2.75) is 46.7 Å². The maximum atomic E-state index is 14.1. The highest BCUT2D eigenvalue weighted by atomic mass is 32.2. The second-order valence-electron chi connectivity index (χ2n) is 10.3. The SMILES string of the molecule is Cc1cccc(N(CC(=O)N(Cc2ccccc2)[C@@H](Cc2ccccc2)C(=O)NCC(C)C)S(C)(=O)=O)c1C. The Morgan fingerprint density at radius 3 is 2.00 bits per heavy atom. The molecule has 0 heterocycles. The van der Waals surface area contributed by atoms with Gasteiger partial charge in [0.05, 0.1) is 11.9 Å². The van der Waals surface area contributed by atoms with Gasteiger partial charge >= 0.3 is 0 Å². The zero-order valence-electron chi connectivity index (χ0n) is 23.4. The number of anilines is 1. The van der Waals surface area contributed by atoms with Gasteiger partial charge in [-0.2, -0.15) is 0 Å². The van der Waals surface area contributed by atoms with Gasteiger partial charge in [0, 0.05) is 19.5 Å². The van der Waals surface area contributed by atoms with Gasteiger partial charge in [0.2, 0.25) is 21.8 Å². The van der Waals surface area contributed by atoms with Crippen molar-refractivity contribution in [3.63, 3.8) is 0 Å². The van der Waals surface area contributed by atoms with E-state index in [0.717, 1.165) is 32.8 Å². The zero-order chi connectivity index (χ0) is 28.6. The fourth-order valence-electron chi connectivity index (χ4n) is 4.36. The number of nitrogens with one attached hydrogen (secondary N) is 1. The van der Waals surface area contributed by atoms with Gasteiger partial charge in [0.15, 0.2) is 0 Å². The lowest BCUT2D eigenvalue weighted by atomic mass is 10.0. The van der Waals surface area contributed by atoms with Crippen LogP contribution >= 0.6 is 0 Å². The summed E-state index contributed by atoms with van der Waals surface area (Å²) in [5.41, 5.74) is 3.90. The minimum Gasteiger partial charge on any atom is -0.354 e. The molecule has 0 saturated heterocycles. The maximum absolute atomic E-state index is 14.1. The molecule has 1 atom stereocenters. The van der Waals surface area contributed by atoms with Crippen molar-refractivity contribution < 1.29 is 18.0 Å². The van der Waals surface area contributed by atoms with Gasteiger partial charge in [-0.05, 0) is 48.1 Å². The summed E-state index contributed by atoms with van der Waals surface area (Å²) in [4.78, 5) is 29.2. The van der Waals surface area contributed by atoms with Gasteiger partial charge in [-0.1, -0.05) is 86.6 Å². The van der Waals surface area contributed by atoms with Gasteiger partial charge in [-0.25, -0.2) is 8.42 Å². The first-order valence-corrected chi connectivity index (χ1v) is 15.0. The molecule has 208 valence electrons. The average molecular weight is 550 g/mol. The van der Waals surface area contributed by atoms with E-state index in [1.807, 2.05) is 94.4 Å². The second-order valence-corrected chi connectivity index (χ2v) is 12.2. The number of nitrogens with zero attached hydrogens (tertiary/aromatic N) is 2. The summed E-state index contributed by atoms with van der Waals surface area (Å²) in [6, 6.07) is 23.5. The van der Waals surface area contributed by atoms with Crippen LogP contribution in [0.4, 0.5) is 5.69 Å². The number of hydrogen-bond donors (Lipinski definition) is 1. The van der Waals surface area contributed by atoms with Crippen LogP contribution in [0.25, 0.3) is 0 Å². The average Bonchev–Trinajstić information content (AvgIpc) is 2.90. The minimum atomic E-state index is -3.80. The zero-order valence-corrected chi connectivity index (χ0v) is 24.2.